The fourth-order valence-corrected chi connectivity index (χ4v) is 2.21. The summed E-state index contributed by atoms with van der Waals surface area (Å²) in [6, 6.07) is 16.1. The van der Waals surface area contributed by atoms with Gasteiger partial charge in [-0.25, -0.2) is 0 Å². The molecule has 0 aromatic heterocycles. The highest BCUT2D eigenvalue weighted by Crippen LogP contribution is 2.15. The summed E-state index contributed by atoms with van der Waals surface area (Å²) < 4.78 is 5.69. The van der Waals surface area contributed by atoms with Crippen LogP contribution in [-0.2, 0) is 13.1 Å². The molecule has 0 aliphatic carbocycles. The number of rotatable bonds is 6. The van der Waals surface area contributed by atoms with Gasteiger partial charge in [0.2, 0.25) is 0 Å². The average molecular weight is 290 g/mol. The van der Waals surface area contributed by atoms with E-state index in [4.69, 9.17) is 16.3 Å². The molecule has 2 aromatic carbocycles. The molecule has 0 bridgehead atoms. The van der Waals surface area contributed by atoms with Gasteiger partial charge in [-0.3, -0.25) is 0 Å². The molecule has 3 heteroatoms. The van der Waals surface area contributed by atoms with E-state index in [2.05, 4.69) is 23.5 Å². The van der Waals surface area contributed by atoms with Crippen LogP contribution >= 0.6 is 11.6 Å². The summed E-state index contributed by atoms with van der Waals surface area (Å²) in [5.41, 5.74) is 2.40. The minimum Gasteiger partial charge on any atom is -0.491 e. The Kier molecular flexibility index (Phi) is 5.45. The molecule has 0 radical (unpaired) electrons. The minimum absolute atomic E-state index is 0.199. The van der Waals surface area contributed by atoms with E-state index in [1.54, 1.807) is 0 Å². The fourth-order valence-electron chi connectivity index (χ4n) is 2.00. The first-order valence-corrected chi connectivity index (χ1v) is 7.22. The molecule has 0 saturated heterocycles. The zero-order chi connectivity index (χ0) is 14.4. The molecular weight excluding hydrogens is 270 g/mol. The first-order valence-electron chi connectivity index (χ1n) is 6.84. The summed E-state index contributed by atoms with van der Waals surface area (Å²) in [7, 11) is 0. The Balaban J connectivity index is 1.87. The molecule has 0 spiro atoms. The summed E-state index contributed by atoms with van der Waals surface area (Å²) in [6.45, 7) is 5.67. The normalized spacial score (nSPS) is 10.8. The monoisotopic (exact) mass is 289 g/mol. The average Bonchev–Trinajstić information content (AvgIpc) is 2.38. The Hall–Kier alpha value is -1.51. The third kappa shape index (κ3) is 4.87. The lowest BCUT2D eigenvalue weighted by Crippen LogP contribution is -2.13. The van der Waals surface area contributed by atoms with Crippen LogP contribution in [0.15, 0.2) is 48.5 Å². The van der Waals surface area contributed by atoms with Crippen LogP contribution in [0.5, 0.6) is 5.75 Å². The van der Waals surface area contributed by atoms with Gasteiger partial charge in [-0.2, -0.15) is 0 Å². The lowest BCUT2D eigenvalue weighted by Gasteiger charge is -2.11. The van der Waals surface area contributed by atoms with E-state index in [9.17, 15) is 0 Å². The molecule has 0 saturated carbocycles. The number of halogens is 1. The van der Waals surface area contributed by atoms with Crippen molar-refractivity contribution in [2.24, 2.45) is 0 Å². The van der Waals surface area contributed by atoms with Crippen LogP contribution in [0.2, 0.25) is 5.02 Å². The van der Waals surface area contributed by atoms with Crippen molar-refractivity contribution in [3.8, 4) is 5.75 Å². The van der Waals surface area contributed by atoms with Crippen molar-refractivity contribution in [3.05, 3.63) is 64.7 Å². The van der Waals surface area contributed by atoms with Gasteiger partial charge in [0.05, 0.1) is 6.10 Å². The third-order valence-electron chi connectivity index (χ3n) is 2.82. The molecule has 0 atom stereocenters. The van der Waals surface area contributed by atoms with E-state index >= 15 is 0 Å². The van der Waals surface area contributed by atoms with Crippen LogP contribution in [0.4, 0.5) is 0 Å². The van der Waals surface area contributed by atoms with E-state index in [1.807, 2.05) is 44.2 Å². The molecule has 0 aliphatic rings. The number of nitrogens with one attached hydrogen (secondary N) is 1. The Morgan fingerprint density at radius 3 is 2.30 bits per heavy atom. The molecule has 0 aliphatic heterocycles. The van der Waals surface area contributed by atoms with Crippen LogP contribution in [0.1, 0.15) is 25.0 Å². The highest BCUT2D eigenvalue weighted by molar-refractivity contribution is 6.30. The van der Waals surface area contributed by atoms with Crippen LogP contribution < -0.4 is 10.1 Å². The molecule has 2 nitrogen and oxygen atoms in total. The molecule has 0 heterocycles. The summed E-state index contributed by atoms with van der Waals surface area (Å²) >= 11 is 5.97. The Labute approximate surface area is 125 Å². The SMILES string of the molecule is CC(C)Oc1cccc(CNCc2cccc(Cl)c2)c1. The van der Waals surface area contributed by atoms with Crippen LogP contribution in [-0.4, -0.2) is 6.10 Å². The van der Waals surface area contributed by atoms with Crippen LogP contribution in [0.3, 0.4) is 0 Å². The summed E-state index contributed by atoms with van der Waals surface area (Å²) in [4.78, 5) is 0. The molecule has 2 aromatic rings. The Morgan fingerprint density at radius 1 is 1.00 bits per heavy atom. The first-order chi connectivity index (χ1) is 9.63. The second-order valence-electron chi connectivity index (χ2n) is 5.05. The van der Waals surface area contributed by atoms with Crippen molar-refractivity contribution in [2.45, 2.75) is 33.0 Å². The zero-order valence-electron chi connectivity index (χ0n) is 11.9. The third-order valence-corrected chi connectivity index (χ3v) is 3.05. The first kappa shape index (κ1) is 14.9. The predicted octanol–water partition coefficient (Wildman–Crippen LogP) is 4.42. The van der Waals surface area contributed by atoms with Crippen molar-refractivity contribution < 1.29 is 4.74 Å². The topological polar surface area (TPSA) is 21.3 Å². The van der Waals surface area contributed by atoms with Crippen molar-refractivity contribution in [3.63, 3.8) is 0 Å². The van der Waals surface area contributed by atoms with E-state index in [0.717, 1.165) is 23.9 Å². The number of benzene rings is 2. The quantitative estimate of drug-likeness (QED) is 0.850. The summed E-state index contributed by atoms with van der Waals surface area (Å²) in [6.07, 6.45) is 0.199. The summed E-state index contributed by atoms with van der Waals surface area (Å²) in [5, 5.41) is 4.19. The maximum atomic E-state index is 5.97. The minimum atomic E-state index is 0.199. The molecule has 1 N–H and O–H groups in total. The maximum Gasteiger partial charge on any atom is 0.120 e. The highest BCUT2D eigenvalue weighted by Gasteiger charge is 2.00. The Morgan fingerprint density at radius 2 is 1.65 bits per heavy atom. The largest absolute Gasteiger partial charge is 0.491 e. The molecule has 0 fully saturated rings. The van der Waals surface area contributed by atoms with Gasteiger partial charge in [0.25, 0.3) is 0 Å². The van der Waals surface area contributed by atoms with Gasteiger partial charge >= 0.3 is 0 Å². The number of hydrogen-bond acceptors (Lipinski definition) is 2. The highest BCUT2D eigenvalue weighted by atomic mass is 35.5. The van der Waals surface area contributed by atoms with Crippen molar-refractivity contribution in [2.75, 3.05) is 0 Å². The van der Waals surface area contributed by atoms with Gasteiger partial charge in [0, 0.05) is 18.1 Å². The second-order valence-corrected chi connectivity index (χ2v) is 5.48. The van der Waals surface area contributed by atoms with Crippen molar-refractivity contribution in [1.82, 2.24) is 5.32 Å². The lowest BCUT2D eigenvalue weighted by atomic mass is 10.2. The number of ether oxygens (including phenoxy) is 1. The molecule has 20 heavy (non-hydrogen) atoms. The fraction of sp³-hybridized carbons (Fsp3) is 0.294. The molecule has 2 rings (SSSR count). The lowest BCUT2D eigenvalue weighted by molar-refractivity contribution is 0.242. The maximum absolute atomic E-state index is 5.97. The van der Waals surface area contributed by atoms with E-state index in [1.165, 1.54) is 11.1 Å². The second kappa shape index (κ2) is 7.32. The molecule has 0 unspecified atom stereocenters. The van der Waals surface area contributed by atoms with Gasteiger partial charge in [0.15, 0.2) is 0 Å². The van der Waals surface area contributed by atoms with Crippen LogP contribution in [0, 0.1) is 0 Å². The van der Waals surface area contributed by atoms with Crippen molar-refractivity contribution >= 4 is 11.6 Å². The van der Waals surface area contributed by atoms with Gasteiger partial charge < -0.3 is 10.1 Å². The van der Waals surface area contributed by atoms with Gasteiger partial charge in [-0.1, -0.05) is 35.9 Å². The zero-order valence-corrected chi connectivity index (χ0v) is 12.7. The summed E-state index contributed by atoms with van der Waals surface area (Å²) in [5.74, 6) is 0.919. The van der Waals surface area contributed by atoms with E-state index < -0.39 is 0 Å². The van der Waals surface area contributed by atoms with Crippen molar-refractivity contribution in [1.29, 1.82) is 0 Å². The number of hydrogen-bond donors (Lipinski definition) is 1. The smallest absolute Gasteiger partial charge is 0.120 e. The predicted molar refractivity (Wildman–Crippen MR) is 84.2 cm³/mol. The molecule has 0 amide bonds. The van der Waals surface area contributed by atoms with Gasteiger partial charge in [-0.05, 0) is 49.2 Å². The van der Waals surface area contributed by atoms with E-state index in [0.29, 0.717) is 0 Å². The van der Waals surface area contributed by atoms with E-state index in [-0.39, 0.29) is 6.10 Å². The molecule has 106 valence electrons. The molecular formula is C17H20ClNO. The Bertz CT molecular complexity index is 554. The standard InChI is InChI=1S/C17H20ClNO/c1-13(2)20-17-8-4-6-15(10-17)12-19-11-14-5-3-7-16(18)9-14/h3-10,13,19H,11-12H2,1-2H3. The van der Waals surface area contributed by atoms with Gasteiger partial charge in [0.1, 0.15) is 5.75 Å². The van der Waals surface area contributed by atoms with Gasteiger partial charge in [-0.15, -0.1) is 0 Å². The van der Waals surface area contributed by atoms with Crippen LogP contribution in [0.25, 0.3) is 0 Å².